The minimum atomic E-state index is -0.857. The quantitative estimate of drug-likeness (QED) is 0.315. The SMILES string of the molecule is C[Si]1([C-]2CCC3CC=CC=C23)CCC1.C[Si]1([C-]2CCC3CC=CC=C23)CCC1.[Cl-].[Cl-].[Hf+4]. The zero-order chi connectivity index (χ0) is 19.2. The van der Waals surface area contributed by atoms with E-state index in [0.29, 0.717) is 0 Å². The van der Waals surface area contributed by atoms with Gasteiger partial charge in [-0.2, -0.15) is 0 Å². The molecule has 31 heavy (non-hydrogen) atoms. The normalized spacial score (nSPS) is 30.4. The van der Waals surface area contributed by atoms with Crippen molar-refractivity contribution in [2.45, 2.75) is 88.6 Å². The summed E-state index contributed by atoms with van der Waals surface area (Å²) in [7, 11) is -1.71. The third kappa shape index (κ3) is 5.31. The van der Waals surface area contributed by atoms with E-state index < -0.39 is 16.1 Å². The van der Waals surface area contributed by atoms with Gasteiger partial charge in [-0.15, -0.1) is 24.3 Å². The van der Waals surface area contributed by atoms with Crippen LogP contribution >= 0.6 is 0 Å². The molecular formula is C26H38Cl2HfSi2. The van der Waals surface area contributed by atoms with Gasteiger partial charge in [0, 0.05) is 0 Å². The Hall–Kier alpha value is 0.584. The number of allylic oxidation sites excluding steroid dienone is 8. The van der Waals surface area contributed by atoms with E-state index in [1.807, 2.05) is 11.1 Å². The molecule has 2 saturated carbocycles. The Morgan fingerprint density at radius 1 is 0.710 bits per heavy atom. The second kappa shape index (κ2) is 11.3. The second-order valence-electron chi connectivity index (χ2n) is 10.8. The number of hydrogen-bond donors (Lipinski definition) is 0. The first kappa shape index (κ1) is 27.8. The topological polar surface area (TPSA) is 0 Å². The van der Waals surface area contributed by atoms with Crippen LogP contribution in [0.2, 0.25) is 37.3 Å². The Morgan fingerprint density at radius 3 is 1.42 bits per heavy atom. The molecule has 2 heterocycles. The third-order valence-electron chi connectivity index (χ3n) is 9.10. The Balaban J connectivity index is 0.000000201. The van der Waals surface area contributed by atoms with Gasteiger partial charge >= 0.3 is 25.8 Å². The number of rotatable bonds is 2. The molecule has 0 aromatic heterocycles. The first-order valence-electron chi connectivity index (χ1n) is 12.1. The average Bonchev–Trinajstić information content (AvgIpc) is 3.29. The Morgan fingerprint density at radius 2 is 1.10 bits per heavy atom. The average molecular weight is 656 g/mol. The third-order valence-corrected chi connectivity index (χ3v) is 18.9. The summed E-state index contributed by atoms with van der Waals surface area (Å²) in [5.74, 6) is 1.83. The monoisotopic (exact) mass is 656 g/mol. The smallest absolute Gasteiger partial charge is 1.00 e. The Bertz CT molecular complexity index is 672. The van der Waals surface area contributed by atoms with Gasteiger partial charge in [-0.3, -0.25) is 0 Å². The van der Waals surface area contributed by atoms with E-state index in [-0.39, 0.29) is 50.7 Å². The zero-order valence-electron chi connectivity index (χ0n) is 19.4. The molecule has 6 rings (SSSR count). The maximum atomic E-state index is 2.62. The van der Waals surface area contributed by atoms with Crippen molar-refractivity contribution in [3.05, 3.63) is 58.7 Å². The maximum Gasteiger partial charge on any atom is 4.00 e. The molecule has 0 spiro atoms. The molecular weight excluding hydrogens is 618 g/mol. The first-order chi connectivity index (χ1) is 13.6. The Labute approximate surface area is 224 Å². The van der Waals surface area contributed by atoms with Gasteiger partial charge in [0.25, 0.3) is 0 Å². The van der Waals surface area contributed by atoms with Crippen LogP contribution in [-0.2, 0) is 25.8 Å². The van der Waals surface area contributed by atoms with Crippen molar-refractivity contribution < 1.29 is 50.7 Å². The standard InChI is InChI=1S/2C13H19Si.2ClH.Hf/c2*1-14(9-4-10-14)13-8-7-11-5-2-3-6-12(11)13;;;/h2*2-3,6,11H,4-5,7-10H2,1H3;2*1H;/q2*-1;;;+4/p-2. The Kier molecular flexibility index (Phi) is 10.2. The molecule has 6 aliphatic rings. The van der Waals surface area contributed by atoms with Gasteiger partial charge in [0.1, 0.15) is 0 Å². The van der Waals surface area contributed by atoms with Crippen LogP contribution in [-0.4, -0.2) is 16.1 Å². The summed E-state index contributed by atoms with van der Waals surface area (Å²) in [4.78, 5) is 0. The second-order valence-corrected chi connectivity index (χ2v) is 20.3. The summed E-state index contributed by atoms with van der Waals surface area (Å²) in [6.07, 6.45) is 25.6. The van der Waals surface area contributed by atoms with Crippen LogP contribution < -0.4 is 24.8 Å². The van der Waals surface area contributed by atoms with E-state index in [1.54, 1.807) is 35.3 Å². The van der Waals surface area contributed by atoms with Gasteiger partial charge in [-0.1, -0.05) is 75.8 Å². The molecule has 2 saturated heterocycles. The molecule has 0 aromatic carbocycles. The number of hydrogen-bond acceptors (Lipinski definition) is 0. The molecule has 0 radical (unpaired) electrons. The molecule has 4 fully saturated rings. The molecule has 0 N–H and O–H groups in total. The van der Waals surface area contributed by atoms with E-state index in [1.165, 1.54) is 51.4 Å². The minimum Gasteiger partial charge on any atom is -1.00 e. The first-order valence-corrected chi connectivity index (χ1v) is 17.9. The molecule has 0 aromatic rings. The van der Waals surface area contributed by atoms with Crippen LogP contribution in [0.5, 0.6) is 0 Å². The van der Waals surface area contributed by atoms with Crippen molar-refractivity contribution in [3.63, 3.8) is 0 Å². The molecule has 0 bridgehead atoms. The van der Waals surface area contributed by atoms with Crippen molar-refractivity contribution >= 4 is 16.1 Å². The fraction of sp³-hybridized carbons (Fsp3) is 0.615. The van der Waals surface area contributed by atoms with Crippen LogP contribution in [0.4, 0.5) is 0 Å². The van der Waals surface area contributed by atoms with Crippen molar-refractivity contribution in [1.29, 1.82) is 0 Å². The van der Waals surface area contributed by atoms with Gasteiger partial charge < -0.3 is 24.8 Å². The summed E-state index contributed by atoms with van der Waals surface area (Å²) < 4.78 is 0. The summed E-state index contributed by atoms with van der Waals surface area (Å²) >= 11 is 0. The van der Waals surface area contributed by atoms with Gasteiger partial charge in [0.05, 0.1) is 0 Å². The summed E-state index contributed by atoms with van der Waals surface area (Å²) in [6, 6.07) is 6.32. The molecule has 5 heteroatoms. The zero-order valence-corrected chi connectivity index (χ0v) is 26.5. The minimum absolute atomic E-state index is 0. The molecule has 2 aliphatic heterocycles. The van der Waals surface area contributed by atoms with Gasteiger partial charge in [0.15, 0.2) is 0 Å². The van der Waals surface area contributed by atoms with E-state index in [4.69, 9.17) is 0 Å². The maximum absolute atomic E-state index is 2.62. The molecule has 2 unspecified atom stereocenters. The summed E-state index contributed by atoms with van der Waals surface area (Å²) in [5, 5.41) is 0. The van der Waals surface area contributed by atoms with E-state index in [2.05, 4.69) is 49.6 Å². The molecule has 0 amide bonds. The van der Waals surface area contributed by atoms with E-state index in [9.17, 15) is 0 Å². The predicted molar refractivity (Wildman–Crippen MR) is 127 cm³/mol. The van der Waals surface area contributed by atoms with Crippen LogP contribution in [0.25, 0.3) is 0 Å². The van der Waals surface area contributed by atoms with Crippen molar-refractivity contribution in [3.8, 4) is 0 Å². The van der Waals surface area contributed by atoms with Crippen molar-refractivity contribution in [2.75, 3.05) is 0 Å². The van der Waals surface area contributed by atoms with Gasteiger partial charge in [-0.25, -0.2) is 34.4 Å². The van der Waals surface area contributed by atoms with Crippen LogP contribution in [0.3, 0.4) is 0 Å². The van der Waals surface area contributed by atoms with E-state index >= 15 is 0 Å². The van der Waals surface area contributed by atoms with Crippen LogP contribution in [0.15, 0.2) is 47.6 Å². The van der Waals surface area contributed by atoms with Crippen molar-refractivity contribution in [1.82, 2.24) is 0 Å². The summed E-state index contributed by atoms with van der Waals surface area (Å²) in [5.41, 5.74) is 7.47. The number of fused-ring (bicyclic) bond motifs is 2. The van der Waals surface area contributed by atoms with Gasteiger partial charge in [-0.05, 0) is 40.8 Å². The molecule has 4 aliphatic carbocycles. The molecule has 2 atom stereocenters. The largest absolute Gasteiger partial charge is 4.00 e. The fourth-order valence-corrected chi connectivity index (χ4v) is 14.3. The predicted octanol–water partition coefficient (Wildman–Crippen LogP) is 1.76. The fourth-order valence-electron chi connectivity index (χ4n) is 6.84. The molecule has 0 nitrogen and oxygen atoms in total. The molecule has 168 valence electrons. The van der Waals surface area contributed by atoms with Gasteiger partial charge in [0.2, 0.25) is 0 Å². The number of halogens is 2. The summed E-state index contributed by atoms with van der Waals surface area (Å²) in [6.45, 7) is 5.24. The van der Waals surface area contributed by atoms with Crippen LogP contribution in [0, 0.1) is 22.9 Å². The van der Waals surface area contributed by atoms with Crippen molar-refractivity contribution in [2.24, 2.45) is 11.8 Å². The van der Waals surface area contributed by atoms with E-state index in [0.717, 1.165) is 11.8 Å². The van der Waals surface area contributed by atoms with Crippen LogP contribution in [0.1, 0.15) is 51.4 Å².